The molecule has 0 radical (unpaired) electrons. The third kappa shape index (κ3) is 9.33. The van der Waals surface area contributed by atoms with E-state index in [0.29, 0.717) is 32.4 Å². The van der Waals surface area contributed by atoms with Crippen LogP contribution >= 0.6 is 0 Å². The molecule has 3 N–H and O–H groups in total. The Hall–Kier alpha value is -5.68. The van der Waals surface area contributed by atoms with Crippen molar-refractivity contribution in [1.82, 2.24) is 34.6 Å². The molecule has 2 aliphatic heterocycles. The number of nitrogens with one attached hydrogen (secondary N) is 2. The molecule has 3 fully saturated rings. The van der Waals surface area contributed by atoms with Crippen LogP contribution < -0.4 is 19.5 Å². The molecule has 4 heterocycles. The van der Waals surface area contributed by atoms with E-state index in [4.69, 9.17) is 9.47 Å². The zero-order chi connectivity index (χ0) is 49.2. The van der Waals surface area contributed by atoms with E-state index in [0.717, 1.165) is 21.8 Å². The second kappa shape index (κ2) is 17.4. The number of allylic oxidation sites excluding steroid dienone is 1. The number of rotatable bonds is 10. The third-order valence-electron chi connectivity index (χ3n) is 13.4. The van der Waals surface area contributed by atoms with Gasteiger partial charge in [0.2, 0.25) is 21.8 Å². The number of fused-ring (bicyclic) bond motifs is 3. The number of carboxylic acid groups (broad SMARTS) is 1. The van der Waals surface area contributed by atoms with Crippen LogP contribution in [0.25, 0.3) is 16.7 Å². The molecule has 366 valence electrons. The molecule has 16 nitrogen and oxygen atoms in total. The highest BCUT2D eigenvalue weighted by atomic mass is 32.2. The largest absolute Gasteiger partial charge is 0.497 e. The summed E-state index contributed by atoms with van der Waals surface area (Å²) < 4.78 is 139. The lowest BCUT2D eigenvalue weighted by molar-refractivity contribution is -0.222. The SMILES string of the molecule is COc1ccc2c(O[C@@H]3C[C@H]4C(=O)N[C@]5(C(=O)NS(=O)(=O)C6(CF)CC6)C[C@H]5C=CCC[C@@H](C)C[C@@H](C)[C@H](N(C(=O)O)C(C)(C)C(F)(F)F)C(=O)N4C3)cc(-n3ccc(C(F)(F)F)n3)nc2c1. The number of carbonyl (C=O) groups excluding carboxylic acids is 3. The number of benzene rings is 1. The Bertz CT molecular complexity index is 2580. The average molecular weight is 974 g/mol. The maximum Gasteiger partial charge on any atom is 0.435 e. The first-order valence-electron chi connectivity index (χ1n) is 21.5. The van der Waals surface area contributed by atoms with E-state index in [1.54, 1.807) is 19.1 Å². The van der Waals surface area contributed by atoms with Crippen LogP contribution in [0.5, 0.6) is 11.5 Å². The lowest BCUT2D eigenvalue weighted by Crippen LogP contribution is -2.66. The van der Waals surface area contributed by atoms with E-state index in [1.165, 1.54) is 38.3 Å². The van der Waals surface area contributed by atoms with Crippen LogP contribution in [-0.2, 0) is 30.6 Å². The van der Waals surface area contributed by atoms with Crippen LogP contribution in [0.4, 0.5) is 35.5 Å². The van der Waals surface area contributed by atoms with Crippen molar-refractivity contribution in [2.24, 2.45) is 17.8 Å². The Morgan fingerprint density at radius 2 is 1.76 bits per heavy atom. The highest BCUT2D eigenvalue weighted by molar-refractivity contribution is 7.91. The van der Waals surface area contributed by atoms with Gasteiger partial charge in [-0.1, -0.05) is 26.0 Å². The molecule has 24 heteroatoms. The summed E-state index contributed by atoms with van der Waals surface area (Å²) in [6.07, 6.45) is -8.88. The number of hydrogen-bond donors (Lipinski definition) is 3. The predicted octanol–water partition coefficient (Wildman–Crippen LogP) is 6.32. The van der Waals surface area contributed by atoms with Crippen molar-refractivity contribution in [1.29, 1.82) is 0 Å². The van der Waals surface area contributed by atoms with Gasteiger partial charge in [0.15, 0.2) is 11.5 Å². The van der Waals surface area contributed by atoms with Crippen molar-refractivity contribution < 1.29 is 72.9 Å². The molecule has 4 amide bonds. The number of carbonyl (C=O) groups is 4. The number of sulfonamides is 1. The first kappa shape index (κ1) is 49.2. The summed E-state index contributed by atoms with van der Waals surface area (Å²) in [5.74, 6) is -5.55. The van der Waals surface area contributed by atoms with Gasteiger partial charge in [0.25, 0.3) is 5.91 Å². The van der Waals surface area contributed by atoms with Crippen LogP contribution in [0.15, 0.2) is 48.7 Å². The van der Waals surface area contributed by atoms with Gasteiger partial charge in [-0.15, -0.1) is 0 Å². The van der Waals surface area contributed by atoms with Crippen molar-refractivity contribution in [3.8, 4) is 17.3 Å². The Morgan fingerprint density at radius 1 is 1.06 bits per heavy atom. The maximum atomic E-state index is 15.2. The van der Waals surface area contributed by atoms with Crippen LogP contribution in [0.3, 0.4) is 0 Å². The molecule has 0 unspecified atom stereocenters. The third-order valence-corrected chi connectivity index (χ3v) is 15.5. The lowest BCUT2D eigenvalue weighted by atomic mass is 9.85. The van der Waals surface area contributed by atoms with Crippen LogP contribution in [0, 0.1) is 17.8 Å². The van der Waals surface area contributed by atoms with E-state index in [2.05, 4.69) is 15.4 Å². The van der Waals surface area contributed by atoms with Crippen molar-refractivity contribution in [2.45, 2.75) is 119 Å². The maximum absolute atomic E-state index is 15.2. The van der Waals surface area contributed by atoms with Crippen molar-refractivity contribution in [3.63, 3.8) is 0 Å². The molecule has 2 saturated carbocycles. The van der Waals surface area contributed by atoms with Gasteiger partial charge < -0.3 is 24.8 Å². The topological polar surface area (TPSA) is 202 Å². The number of hydrogen-bond acceptors (Lipinski definition) is 10. The van der Waals surface area contributed by atoms with Gasteiger partial charge >= 0.3 is 18.4 Å². The minimum atomic E-state index is -5.20. The minimum Gasteiger partial charge on any atom is -0.497 e. The molecule has 3 aromatic rings. The summed E-state index contributed by atoms with van der Waals surface area (Å²) in [5, 5.41) is 17.0. The number of aromatic nitrogens is 3. The summed E-state index contributed by atoms with van der Waals surface area (Å²) >= 11 is 0. The zero-order valence-corrected chi connectivity index (χ0v) is 37.8. The van der Waals surface area contributed by atoms with Crippen molar-refractivity contribution in [2.75, 3.05) is 20.3 Å². The number of pyridine rings is 1. The smallest absolute Gasteiger partial charge is 0.435 e. The van der Waals surface area contributed by atoms with Gasteiger partial charge in [0, 0.05) is 36.1 Å². The van der Waals surface area contributed by atoms with E-state index < -0.39 is 117 Å². The van der Waals surface area contributed by atoms with Gasteiger partial charge in [0.1, 0.15) is 52.2 Å². The number of methoxy groups -OCH3 is 1. The first-order chi connectivity index (χ1) is 31.2. The Morgan fingerprint density at radius 3 is 2.36 bits per heavy atom. The van der Waals surface area contributed by atoms with Crippen molar-refractivity contribution in [3.05, 3.63) is 54.4 Å². The Labute approximate surface area is 380 Å². The fraction of sp³-hybridized carbons (Fsp3) is 0.581. The Balaban J connectivity index is 1.32. The van der Waals surface area contributed by atoms with Crippen LogP contribution in [0.2, 0.25) is 0 Å². The number of ether oxygens (including phenoxy) is 2. The number of halogens is 7. The van der Waals surface area contributed by atoms with Gasteiger partial charge in [-0.05, 0) is 82.4 Å². The first-order valence-corrected chi connectivity index (χ1v) is 23.0. The summed E-state index contributed by atoms with van der Waals surface area (Å²) in [7, 11) is -3.23. The van der Waals surface area contributed by atoms with Gasteiger partial charge in [-0.3, -0.25) is 24.0 Å². The average Bonchev–Trinajstić information content (AvgIpc) is 4.06. The highest BCUT2D eigenvalue weighted by Crippen LogP contribution is 2.48. The van der Waals surface area contributed by atoms with E-state index in [-0.39, 0.29) is 59.0 Å². The molecule has 0 bridgehead atoms. The van der Waals surface area contributed by atoms with Crippen LogP contribution in [0.1, 0.15) is 78.3 Å². The van der Waals surface area contributed by atoms with Crippen LogP contribution in [-0.4, -0.2) is 122 Å². The summed E-state index contributed by atoms with van der Waals surface area (Å²) in [5.41, 5.74) is -6.20. The quantitative estimate of drug-likeness (QED) is 0.152. The molecule has 2 aliphatic carbocycles. The van der Waals surface area contributed by atoms with Crippen molar-refractivity contribution >= 4 is 44.7 Å². The standard InChI is InChI=1S/C43H50F7N7O9S/c1-23-8-6-7-9-25-20-41(25,37(60)54-67(63,64)40(22-44)13-14-40)52-35(58)30-18-27(21-55(30)36(59)34(24(2)16-23)57(38(61)62)39(3,4)43(48,49)50)66-31-19-33(56-15-12-32(53-56)42(45,46)47)51-29-17-26(65-5)10-11-28(29)31/h7,9-12,15,17,19,23-25,27,30,34H,6,8,13-14,16,18,20-22H2,1-5H3,(H,52,58)(H,54,60)(H,61,62)/t23-,24-,25-,27-,30+,34+,41-/m1/s1. The molecule has 0 spiro atoms. The minimum absolute atomic E-state index is 0.0402. The van der Waals surface area contributed by atoms with E-state index in [1.807, 2.05) is 4.72 Å². The molecule has 7 atom stereocenters. The summed E-state index contributed by atoms with van der Waals surface area (Å²) in [6.45, 7) is 2.59. The molecule has 4 aliphatic rings. The predicted molar refractivity (Wildman–Crippen MR) is 224 cm³/mol. The number of nitrogens with zero attached hydrogens (tertiary/aromatic N) is 5. The highest BCUT2D eigenvalue weighted by Gasteiger charge is 2.64. The zero-order valence-electron chi connectivity index (χ0n) is 37.0. The summed E-state index contributed by atoms with van der Waals surface area (Å²) in [4.78, 5) is 62.4. The molecule has 7 rings (SSSR count). The molecule has 1 aromatic carbocycles. The van der Waals surface area contributed by atoms with Gasteiger partial charge in [0.05, 0.1) is 19.2 Å². The lowest BCUT2D eigenvalue weighted by Gasteiger charge is -2.45. The van der Waals surface area contributed by atoms with E-state index >= 15 is 4.79 Å². The van der Waals surface area contributed by atoms with Gasteiger partial charge in [-0.2, -0.15) is 31.4 Å². The fourth-order valence-electron chi connectivity index (χ4n) is 9.03. The van der Waals surface area contributed by atoms with E-state index in [9.17, 15) is 58.6 Å². The second-order valence-corrected chi connectivity index (χ2v) is 20.6. The molecule has 67 heavy (non-hydrogen) atoms. The molecule has 2 aromatic heterocycles. The fourth-order valence-corrected chi connectivity index (χ4v) is 10.5. The molecular weight excluding hydrogens is 924 g/mol. The number of amides is 4. The molecule has 1 saturated heterocycles. The Kier molecular flexibility index (Phi) is 12.8. The number of alkyl halides is 7. The van der Waals surface area contributed by atoms with Gasteiger partial charge in [-0.25, -0.2) is 27.3 Å². The monoisotopic (exact) mass is 973 g/mol. The second-order valence-electron chi connectivity index (χ2n) is 18.5. The normalized spacial score (nSPS) is 27.0. The molecular formula is C43H50F7N7O9S. The summed E-state index contributed by atoms with van der Waals surface area (Å²) in [6, 6.07) is 2.72.